The molecule has 3 aromatic rings. The summed E-state index contributed by atoms with van der Waals surface area (Å²) in [5.74, 6) is 0.408. The van der Waals surface area contributed by atoms with Gasteiger partial charge in [0, 0.05) is 28.7 Å². The molecule has 112 valence electrons. The van der Waals surface area contributed by atoms with Crippen LogP contribution in [0.15, 0.2) is 36.5 Å². The molecule has 0 spiro atoms. The minimum Gasteiger partial charge on any atom is -0.465 e. The third kappa shape index (κ3) is 2.30. The lowest BCUT2D eigenvalue weighted by atomic mass is 10.1. The molecule has 5 nitrogen and oxygen atoms in total. The molecule has 0 bridgehead atoms. The van der Waals surface area contributed by atoms with Crippen LogP contribution in [0.1, 0.15) is 21.7 Å². The fourth-order valence-corrected chi connectivity index (χ4v) is 2.65. The number of carbonyl (C=O) groups is 1. The lowest BCUT2D eigenvalue weighted by molar-refractivity contribution is 0.0601. The van der Waals surface area contributed by atoms with Crippen molar-refractivity contribution in [2.24, 2.45) is 0 Å². The number of carbonyl (C=O) groups excluding carboxylic acids is 1. The second kappa shape index (κ2) is 5.52. The summed E-state index contributed by atoms with van der Waals surface area (Å²) in [6, 6.07) is 9.85. The molecule has 22 heavy (non-hydrogen) atoms. The fraction of sp³-hybridized carbons (Fsp3) is 0.176. The molecular formula is C17H17N3O2. The zero-order valence-electron chi connectivity index (χ0n) is 12.7. The maximum Gasteiger partial charge on any atom is 0.340 e. The number of hydrogen-bond donors (Lipinski definition) is 2. The van der Waals surface area contributed by atoms with Crippen molar-refractivity contribution in [2.75, 3.05) is 7.11 Å². The van der Waals surface area contributed by atoms with Crippen molar-refractivity contribution in [1.82, 2.24) is 15.0 Å². The normalized spacial score (nSPS) is 10.7. The first-order chi connectivity index (χ1) is 10.6. The summed E-state index contributed by atoms with van der Waals surface area (Å²) in [7, 11) is 1.38. The first-order valence-electron chi connectivity index (χ1n) is 7.00. The van der Waals surface area contributed by atoms with E-state index in [-0.39, 0.29) is 5.97 Å². The van der Waals surface area contributed by atoms with Gasteiger partial charge >= 0.3 is 5.97 Å². The number of aromatic nitrogens is 3. The zero-order chi connectivity index (χ0) is 15.7. The van der Waals surface area contributed by atoms with E-state index in [4.69, 9.17) is 4.74 Å². The van der Waals surface area contributed by atoms with Crippen LogP contribution < -0.4 is 0 Å². The Hall–Kier alpha value is -2.82. The average Bonchev–Trinajstić information content (AvgIpc) is 3.11. The van der Waals surface area contributed by atoms with Crippen LogP contribution in [0.2, 0.25) is 0 Å². The predicted octanol–water partition coefficient (Wildman–Crippen LogP) is 3.48. The second-order valence-corrected chi connectivity index (χ2v) is 5.12. The minimum absolute atomic E-state index is 0.360. The Labute approximate surface area is 128 Å². The van der Waals surface area contributed by atoms with Crippen molar-refractivity contribution < 1.29 is 9.53 Å². The number of nitrogens with zero attached hydrogens (tertiary/aromatic N) is 1. The third-order valence-electron chi connectivity index (χ3n) is 3.65. The molecule has 0 aliphatic rings. The molecule has 0 aliphatic carbocycles. The van der Waals surface area contributed by atoms with Crippen molar-refractivity contribution >= 4 is 5.97 Å². The van der Waals surface area contributed by atoms with Gasteiger partial charge < -0.3 is 14.7 Å². The number of methoxy groups -OCH3 is 1. The number of imidazole rings is 1. The number of aromatic amines is 2. The van der Waals surface area contributed by atoms with Gasteiger partial charge in [-0.25, -0.2) is 9.78 Å². The number of aryl methyl sites for hydroxylation is 2. The number of nitrogens with one attached hydrogen (secondary N) is 2. The highest BCUT2D eigenvalue weighted by Crippen LogP contribution is 2.30. The average molecular weight is 295 g/mol. The number of rotatable bonds is 3. The van der Waals surface area contributed by atoms with Crippen molar-refractivity contribution in [3.05, 3.63) is 53.5 Å². The standard InChI is InChI=1S/C17H17N3O2/c1-10-14(15(11(2)19-10)17(21)22-3)13-9-18-16(20-13)12-7-5-4-6-8-12/h4-9,19H,1-3H3,(H,18,20). The van der Waals surface area contributed by atoms with Gasteiger partial charge in [0.15, 0.2) is 0 Å². The molecule has 2 heterocycles. The van der Waals surface area contributed by atoms with Crippen LogP contribution in [0.4, 0.5) is 0 Å². The topological polar surface area (TPSA) is 70.8 Å². The van der Waals surface area contributed by atoms with Crippen LogP contribution in [-0.4, -0.2) is 28.0 Å². The van der Waals surface area contributed by atoms with E-state index in [1.54, 1.807) is 0 Å². The number of esters is 1. The zero-order valence-corrected chi connectivity index (χ0v) is 12.7. The van der Waals surface area contributed by atoms with Gasteiger partial charge in [0.2, 0.25) is 0 Å². The number of ether oxygens (including phenoxy) is 1. The highest BCUT2D eigenvalue weighted by molar-refractivity contribution is 5.99. The molecule has 2 aromatic heterocycles. The van der Waals surface area contributed by atoms with Crippen LogP contribution in [-0.2, 0) is 4.74 Å². The number of benzene rings is 1. The van der Waals surface area contributed by atoms with Gasteiger partial charge in [0.1, 0.15) is 5.82 Å². The predicted molar refractivity (Wildman–Crippen MR) is 84.6 cm³/mol. The van der Waals surface area contributed by atoms with Crippen LogP contribution in [0.25, 0.3) is 22.6 Å². The highest BCUT2D eigenvalue weighted by Gasteiger charge is 2.22. The van der Waals surface area contributed by atoms with E-state index in [9.17, 15) is 4.79 Å². The van der Waals surface area contributed by atoms with Crippen LogP contribution in [0, 0.1) is 13.8 Å². The van der Waals surface area contributed by atoms with Crippen LogP contribution in [0.3, 0.4) is 0 Å². The van der Waals surface area contributed by atoms with Crippen molar-refractivity contribution in [3.63, 3.8) is 0 Å². The van der Waals surface area contributed by atoms with Gasteiger partial charge in [-0.15, -0.1) is 0 Å². The van der Waals surface area contributed by atoms with E-state index in [0.29, 0.717) is 5.56 Å². The highest BCUT2D eigenvalue weighted by atomic mass is 16.5. The summed E-state index contributed by atoms with van der Waals surface area (Å²) in [4.78, 5) is 23.0. The molecule has 0 amide bonds. The van der Waals surface area contributed by atoms with Crippen molar-refractivity contribution in [2.45, 2.75) is 13.8 Å². The van der Waals surface area contributed by atoms with Crippen LogP contribution in [0.5, 0.6) is 0 Å². The monoisotopic (exact) mass is 295 g/mol. The third-order valence-corrected chi connectivity index (χ3v) is 3.65. The summed E-state index contributed by atoms with van der Waals surface area (Å²) in [6.07, 6.45) is 1.81. The van der Waals surface area contributed by atoms with Gasteiger partial charge in [0.25, 0.3) is 0 Å². The van der Waals surface area contributed by atoms with E-state index >= 15 is 0 Å². The molecule has 0 unspecified atom stereocenters. The molecule has 3 rings (SSSR count). The number of H-pyrrole nitrogens is 2. The Balaban J connectivity index is 2.10. The molecule has 0 radical (unpaired) electrons. The van der Waals surface area contributed by atoms with Gasteiger partial charge in [-0.05, 0) is 13.8 Å². The summed E-state index contributed by atoms with van der Waals surface area (Å²) in [5, 5.41) is 0. The quantitative estimate of drug-likeness (QED) is 0.727. The molecule has 0 saturated carbocycles. The van der Waals surface area contributed by atoms with E-state index < -0.39 is 0 Å². The van der Waals surface area contributed by atoms with Crippen molar-refractivity contribution in [3.8, 4) is 22.6 Å². The first-order valence-corrected chi connectivity index (χ1v) is 7.00. The summed E-state index contributed by atoms with van der Waals surface area (Å²) < 4.78 is 4.89. The maximum absolute atomic E-state index is 12.0. The van der Waals surface area contributed by atoms with Crippen molar-refractivity contribution in [1.29, 1.82) is 0 Å². The van der Waals surface area contributed by atoms with Gasteiger partial charge in [-0.1, -0.05) is 30.3 Å². The lowest BCUT2D eigenvalue weighted by Crippen LogP contribution is -2.03. The Kier molecular flexibility index (Phi) is 3.55. The summed E-state index contributed by atoms with van der Waals surface area (Å²) in [6.45, 7) is 3.78. The van der Waals surface area contributed by atoms with Gasteiger partial charge in [-0.3, -0.25) is 0 Å². The Bertz CT molecular complexity index is 816. The molecular weight excluding hydrogens is 278 g/mol. The Morgan fingerprint density at radius 2 is 1.86 bits per heavy atom. The SMILES string of the molecule is COC(=O)c1c(C)[nH]c(C)c1-c1c[nH]c(-c2ccccc2)n1. The molecule has 0 atom stereocenters. The number of hydrogen-bond acceptors (Lipinski definition) is 3. The molecule has 2 N–H and O–H groups in total. The smallest absolute Gasteiger partial charge is 0.340 e. The maximum atomic E-state index is 12.0. The Morgan fingerprint density at radius 3 is 2.55 bits per heavy atom. The Morgan fingerprint density at radius 1 is 1.14 bits per heavy atom. The molecule has 0 aliphatic heterocycles. The first kappa shape index (κ1) is 14.1. The fourth-order valence-electron chi connectivity index (χ4n) is 2.65. The minimum atomic E-state index is -0.360. The largest absolute Gasteiger partial charge is 0.465 e. The summed E-state index contributed by atoms with van der Waals surface area (Å²) >= 11 is 0. The van der Waals surface area contributed by atoms with E-state index in [2.05, 4.69) is 15.0 Å². The molecule has 1 aromatic carbocycles. The second-order valence-electron chi connectivity index (χ2n) is 5.12. The molecule has 0 saturated heterocycles. The van der Waals surface area contributed by atoms with E-state index in [0.717, 1.165) is 34.0 Å². The van der Waals surface area contributed by atoms with Gasteiger partial charge in [-0.2, -0.15) is 0 Å². The molecule has 0 fully saturated rings. The molecule has 5 heteroatoms. The summed E-state index contributed by atoms with van der Waals surface area (Å²) in [5.41, 5.74) is 4.71. The lowest BCUT2D eigenvalue weighted by Gasteiger charge is -2.02. The van der Waals surface area contributed by atoms with Gasteiger partial charge in [0.05, 0.1) is 18.4 Å². The van der Waals surface area contributed by atoms with E-state index in [1.807, 2.05) is 50.4 Å². The van der Waals surface area contributed by atoms with E-state index in [1.165, 1.54) is 7.11 Å². The van der Waals surface area contributed by atoms with Crippen LogP contribution >= 0.6 is 0 Å².